The van der Waals surface area contributed by atoms with Crippen LogP contribution in [0.25, 0.3) is 11.0 Å². The van der Waals surface area contributed by atoms with E-state index in [1.54, 1.807) is 0 Å². The zero-order chi connectivity index (χ0) is 14.0. The Morgan fingerprint density at radius 2 is 2.05 bits per heavy atom. The Balaban J connectivity index is 2.04. The summed E-state index contributed by atoms with van der Waals surface area (Å²) in [7, 11) is -3.10. The van der Waals surface area contributed by atoms with Gasteiger partial charge in [-0.2, -0.15) is 0 Å². The average Bonchev–Trinajstić information content (AvgIpc) is 2.72. The molecule has 6 heteroatoms. The molecule has 0 aliphatic rings. The Hall–Kier alpha value is -1.40. The fraction of sp³-hybridized carbons (Fsp3) is 0.462. The molecule has 0 bridgehead atoms. The lowest BCUT2D eigenvalue weighted by Gasteiger charge is -2.00. The Morgan fingerprint density at radius 3 is 2.74 bits per heavy atom. The molecule has 2 rings (SSSR count). The summed E-state index contributed by atoms with van der Waals surface area (Å²) in [6.45, 7) is 4.57. The highest BCUT2D eigenvalue weighted by Crippen LogP contribution is 2.19. The van der Waals surface area contributed by atoms with E-state index in [1.807, 2.05) is 6.07 Å². The highest BCUT2D eigenvalue weighted by atomic mass is 32.2. The van der Waals surface area contributed by atoms with E-state index in [4.69, 9.17) is 0 Å². The maximum absolute atomic E-state index is 10.9. The maximum Gasteiger partial charge on any atom is 0.208 e. The van der Waals surface area contributed by atoms with Crippen molar-refractivity contribution in [1.82, 2.24) is 14.7 Å². The van der Waals surface area contributed by atoms with E-state index in [0.29, 0.717) is 6.54 Å². The quantitative estimate of drug-likeness (QED) is 0.818. The molecule has 0 saturated carbocycles. The normalized spacial score (nSPS) is 12.2. The Kier molecular flexibility index (Phi) is 3.91. The van der Waals surface area contributed by atoms with Crippen LogP contribution in [0, 0.1) is 13.8 Å². The first-order chi connectivity index (χ1) is 8.87. The average molecular weight is 281 g/mol. The van der Waals surface area contributed by atoms with Crippen molar-refractivity contribution in [2.75, 3.05) is 12.8 Å². The van der Waals surface area contributed by atoms with E-state index >= 15 is 0 Å². The van der Waals surface area contributed by atoms with Gasteiger partial charge in [-0.3, -0.25) is 0 Å². The number of aryl methyl sites for hydroxylation is 3. The van der Waals surface area contributed by atoms with Crippen LogP contribution in [-0.4, -0.2) is 31.2 Å². The molecule has 1 aromatic carbocycles. The van der Waals surface area contributed by atoms with Gasteiger partial charge in [0.2, 0.25) is 10.0 Å². The van der Waals surface area contributed by atoms with Gasteiger partial charge in [0, 0.05) is 13.0 Å². The van der Waals surface area contributed by atoms with Crippen LogP contribution in [0.3, 0.4) is 0 Å². The van der Waals surface area contributed by atoms with Crippen molar-refractivity contribution in [2.45, 2.75) is 26.7 Å². The summed E-state index contributed by atoms with van der Waals surface area (Å²) in [6, 6.07) is 4.10. The molecule has 2 N–H and O–H groups in total. The number of sulfonamides is 1. The lowest BCUT2D eigenvalue weighted by molar-refractivity contribution is 0.584. The van der Waals surface area contributed by atoms with Gasteiger partial charge in [-0.25, -0.2) is 18.1 Å². The van der Waals surface area contributed by atoms with Gasteiger partial charge in [0.05, 0.1) is 17.3 Å². The number of nitrogens with one attached hydrogen (secondary N) is 2. The van der Waals surface area contributed by atoms with Crippen molar-refractivity contribution in [3.05, 3.63) is 29.1 Å². The molecule has 0 aliphatic carbocycles. The Morgan fingerprint density at radius 1 is 1.32 bits per heavy atom. The van der Waals surface area contributed by atoms with E-state index in [1.165, 1.54) is 17.4 Å². The lowest BCUT2D eigenvalue weighted by atomic mass is 10.1. The number of fused-ring (bicyclic) bond motifs is 1. The zero-order valence-electron chi connectivity index (χ0n) is 11.4. The van der Waals surface area contributed by atoms with E-state index in [-0.39, 0.29) is 0 Å². The Bertz CT molecular complexity index is 689. The van der Waals surface area contributed by atoms with Crippen molar-refractivity contribution < 1.29 is 8.42 Å². The molecular formula is C13H19N3O2S. The van der Waals surface area contributed by atoms with E-state index in [0.717, 1.165) is 29.7 Å². The van der Waals surface area contributed by atoms with E-state index < -0.39 is 10.0 Å². The molecule has 104 valence electrons. The van der Waals surface area contributed by atoms with Gasteiger partial charge in [-0.15, -0.1) is 0 Å². The number of nitrogens with zero attached hydrogens (tertiary/aromatic N) is 1. The van der Waals surface area contributed by atoms with Gasteiger partial charge in [-0.1, -0.05) is 6.07 Å². The predicted molar refractivity (Wildman–Crippen MR) is 76.7 cm³/mol. The molecule has 0 unspecified atom stereocenters. The number of aromatic nitrogens is 2. The number of aromatic amines is 1. The topological polar surface area (TPSA) is 74.8 Å². The van der Waals surface area contributed by atoms with Crippen molar-refractivity contribution >= 4 is 21.1 Å². The summed E-state index contributed by atoms with van der Waals surface area (Å²) in [5.41, 5.74) is 4.46. The van der Waals surface area contributed by atoms with Gasteiger partial charge in [-0.05, 0) is 37.5 Å². The van der Waals surface area contributed by atoms with Crippen LogP contribution >= 0.6 is 0 Å². The molecule has 19 heavy (non-hydrogen) atoms. The number of benzene rings is 1. The molecule has 0 atom stereocenters. The summed E-state index contributed by atoms with van der Waals surface area (Å²) in [5.74, 6) is 0.902. The van der Waals surface area contributed by atoms with Crippen LogP contribution in [0.5, 0.6) is 0 Å². The second-order valence-electron chi connectivity index (χ2n) is 4.86. The van der Waals surface area contributed by atoms with Crippen molar-refractivity contribution in [3.63, 3.8) is 0 Å². The molecule has 5 nitrogen and oxygen atoms in total. The molecule has 1 aromatic heterocycles. The largest absolute Gasteiger partial charge is 0.342 e. The van der Waals surface area contributed by atoms with Gasteiger partial charge >= 0.3 is 0 Å². The molecule has 1 heterocycles. The fourth-order valence-corrected chi connectivity index (χ4v) is 2.51. The summed E-state index contributed by atoms with van der Waals surface area (Å²) in [4.78, 5) is 7.85. The second-order valence-corrected chi connectivity index (χ2v) is 6.69. The SMILES string of the molecule is Cc1ccc2[nH]c(CCCNS(C)(=O)=O)nc2c1C. The van der Waals surface area contributed by atoms with Crippen LogP contribution in [0.4, 0.5) is 0 Å². The highest BCUT2D eigenvalue weighted by Gasteiger charge is 2.07. The van der Waals surface area contributed by atoms with Crippen LogP contribution in [0.1, 0.15) is 23.4 Å². The van der Waals surface area contributed by atoms with E-state index in [2.05, 4.69) is 34.6 Å². The van der Waals surface area contributed by atoms with Gasteiger partial charge < -0.3 is 4.98 Å². The molecule has 0 aliphatic heterocycles. The molecule has 0 fully saturated rings. The van der Waals surface area contributed by atoms with Crippen LogP contribution in [-0.2, 0) is 16.4 Å². The minimum absolute atomic E-state index is 0.438. The summed E-state index contributed by atoms with van der Waals surface area (Å²) in [6.07, 6.45) is 2.63. The molecule has 0 saturated heterocycles. The van der Waals surface area contributed by atoms with Crippen molar-refractivity contribution in [3.8, 4) is 0 Å². The first kappa shape index (κ1) is 14.0. The number of imidazole rings is 1. The predicted octanol–water partition coefficient (Wildman–Crippen LogP) is 1.66. The van der Waals surface area contributed by atoms with Crippen molar-refractivity contribution in [2.24, 2.45) is 0 Å². The monoisotopic (exact) mass is 281 g/mol. The minimum atomic E-state index is -3.10. The highest BCUT2D eigenvalue weighted by molar-refractivity contribution is 7.88. The number of rotatable bonds is 5. The number of hydrogen-bond acceptors (Lipinski definition) is 3. The number of hydrogen-bond donors (Lipinski definition) is 2. The van der Waals surface area contributed by atoms with Gasteiger partial charge in [0.25, 0.3) is 0 Å². The molecular weight excluding hydrogens is 262 g/mol. The molecule has 0 radical (unpaired) electrons. The third-order valence-electron chi connectivity index (χ3n) is 3.18. The van der Waals surface area contributed by atoms with Gasteiger partial charge in [0.15, 0.2) is 0 Å². The molecule has 0 amide bonds. The third-order valence-corrected chi connectivity index (χ3v) is 3.91. The first-order valence-electron chi connectivity index (χ1n) is 6.26. The minimum Gasteiger partial charge on any atom is -0.342 e. The zero-order valence-corrected chi connectivity index (χ0v) is 12.3. The standard InChI is InChI=1S/C13H19N3O2S/c1-9-6-7-11-13(10(9)2)16-12(15-11)5-4-8-14-19(3,17)18/h6-7,14H,4-5,8H2,1-3H3,(H,15,16). The first-order valence-corrected chi connectivity index (χ1v) is 8.15. The van der Waals surface area contributed by atoms with Gasteiger partial charge in [0.1, 0.15) is 5.82 Å². The smallest absolute Gasteiger partial charge is 0.208 e. The molecule has 2 aromatic rings. The summed E-state index contributed by atoms with van der Waals surface area (Å²) >= 11 is 0. The van der Waals surface area contributed by atoms with Crippen LogP contribution < -0.4 is 4.72 Å². The van der Waals surface area contributed by atoms with Crippen LogP contribution in [0.2, 0.25) is 0 Å². The summed E-state index contributed by atoms with van der Waals surface area (Å²) < 4.78 is 24.3. The van der Waals surface area contributed by atoms with E-state index in [9.17, 15) is 8.42 Å². The van der Waals surface area contributed by atoms with Crippen LogP contribution in [0.15, 0.2) is 12.1 Å². The maximum atomic E-state index is 10.9. The third kappa shape index (κ3) is 3.54. The lowest BCUT2D eigenvalue weighted by Crippen LogP contribution is -2.23. The summed E-state index contributed by atoms with van der Waals surface area (Å²) in [5, 5.41) is 0. The van der Waals surface area contributed by atoms with Crippen molar-refractivity contribution in [1.29, 1.82) is 0 Å². The number of H-pyrrole nitrogens is 1. The second kappa shape index (κ2) is 5.30. The fourth-order valence-electron chi connectivity index (χ4n) is 2.00. The Labute approximate surface area is 113 Å². The molecule has 0 spiro atoms.